The first-order valence-electron chi connectivity index (χ1n) is 8.21. The quantitative estimate of drug-likeness (QED) is 0.707. The smallest absolute Gasteiger partial charge is 0.236 e. The fraction of sp³-hybridized carbons (Fsp3) is 0.263. The summed E-state index contributed by atoms with van der Waals surface area (Å²) in [5.41, 5.74) is 0.595. The molecule has 1 aliphatic rings. The largest absolute Gasteiger partial charge is 0.497 e. The topological polar surface area (TPSA) is 73.6 Å². The zero-order chi connectivity index (χ0) is 18.1. The molecule has 3 aromatic rings. The lowest BCUT2D eigenvalue weighted by atomic mass is 10.0. The third kappa shape index (κ3) is 2.84. The molecule has 0 saturated heterocycles. The van der Waals surface area contributed by atoms with Gasteiger partial charge in [0.2, 0.25) is 5.91 Å². The van der Waals surface area contributed by atoms with Crippen LogP contribution in [-0.4, -0.2) is 25.3 Å². The first-order chi connectivity index (χ1) is 12.7. The highest BCUT2D eigenvalue weighted by atomic mass is 32.1. The molecule has 7 heteroatoms. The van der Waals surface area contributed by atoms with Gasteiger partial charge < -0.3 is 19.3 Å². The highest BCUT2D eigenvalue weighted by Crippen LogP contribution is 2.49. The van der Waals surface area contributed by atoms with Gasteiger partial charge in [-0.15, -0.1) is 11.3 Å². The molecule has 6 nitrogen and oxygen atoms in total. The Morgan fingerprint density at radius 3 is 2.73 bits per heavy atom. The van der Waals surface area contributed by atoms with Crippen molar-refractivity contribution < 1.29 is 18.8 Å². The van der Waals surface area contributed by atoms with Gasteiger partial charge in [-0.1, -0.05) is 11.2 Å². The molecule has 4 rings (SSSR count). The highest BCUT2D eigenvalue weighted by molar-refractivity contribution is 7.13. The maximum atomic E-state index is 13.0. The van der Waals surface area contributed by atoms with Gasteiger partial charge in [0.15, 0.2) is 5.76 Å². The van der Waals surface area contributed by atoms with Crippen LogP contribution in [0.1, 0.15) is 18.5 Å². The third-order valence-corrected chi connectivity index (χ3v) is 5.49. The summed E-state index contributed by atoms with van der Waals surface area (Å²) in [7, 11) is 3.15. The van der Waals surface area contributed by atoms with Crippen molar-refractivity contribution in [2.45, 2.75) is 18.3 Å². The summed E-state index contributed by atoms with van der Waals surface area (Å²) in [5, 5.41) is 9.10. The van der Waals surface area contributed by atoms with Crippen molar-refractivity contribution in [1.82, 2.24) is 5.16 Å². The lowest BCUT2D eigenvalue weighted by molar-refractivity contribution is -0.118. The molecule has 26 heavy (non-hydrogen) atoms. The number of thiophene rings is 1. The van der Waals surface area contributed by atoms with E-state index in [1.807, 2.05) is 23.6 Å². The van der Waals surface area contributed by atoms with Crippen LogP contribution in [0.25, 0.3) is 10.6 Å². The van der Waals surface area contributed by atoms with Crippen LogP contribution in [0.3, 0.4) is 0 Å². The fourth-order valence-corrected chi connectivity index (χ4v) is 3.59. The van der Waals surface area contributed by atoms with E-state index in [1.165, 1.54) is 0 Å². The summed E-state index contributed by atoms with van der Waals surface area (Å²) in [6.45, 7) is 0. The Kier molecular flexibility index (Phi) is 4.16. The molecule has 1 amide bonds. The van der Waals surface area contributed by atoms with Gasteiger partial charge in [0, 0.05) is 12.1 Å². The van der Waals surface area contributed by atoms with Crippen LogP contribution in [0.2, 0.25) is 0 Å². The van der Waals surface area contributed by atoms with Crippen LogP contribution in [0.4, 0.5) is 5.69 Å². The van der Waals surface area contributed by atoms with Gasteiger partial charge in [0.25, 0.3) is 0 Å². The number of nitrogens with one attached hydrogen (secondary N) is 1. The Labute approximate surface area is 154 Å². The van der Waals surface area contributed by atoms with Gasteiger partial charge in [0.1, 0.15) is 11.5 Å². The van der Waals surface area contributed by atoms with E-state index in [0.29, 0.717) is 28.6 Å². The first kappa shape index (κ1) is 16.7. The molecular weight excluding hydrogens is 352 g/mol. The number of anilines is 1. The number of methoxy groups -OCH3 is 2. The molecule has 1 aliphatic carbocycles. The van der Waals surface area contributed by atoms with Crippen molar-refractivity contribution in [3.05, 3.63) is 47.5 Å². The molecule has 2 aromatic heterocycles. The fourth-order valence-electron chi connectivity index (χ4n) is 2.91. The molecule has 1 aromatic carbocycles. The normalized spacial score (nSPS) is 14.7. The Balaban J connectivity index is 1.59. The summed E-state index contributed by atoms with van der Waals surface area (Å²) in [6, 6.07) is 11.1. The van der Waals surface area contributed by atoms with Crippen molar-refractivity contribution in [2.24, 2.45) is 0 Å². The van der Waals surface area contributed by atoms with Gasteiger partial charge in [-0.05, 0) is 36.4 Å². The van der Waals surface area contributed by atoms with Crippen molar-refractivity contribution in [3.63, 3.8) is 0 Å². The van der Waals surface area contributed by atoms with Gasteiger partial charge >= 0.3 is 0 Å². The SMILES string of the molecule is COc1ccc(OC)c(NC(=O)C2(c3cc(-c4cccs4)on3)CC2)c1. The van der Waals surface area contributed by atoms with E-state index < -0.39 is 5.41 Å². The molecule has 0 bridgehead atoms. The third-order valence-electron chi connectivity index (χ3n) is 4.60. The molecule has 2 heterocycles. The first-order valence-corrected chi connectivity index (χ1v) is 9.09. The van der Waals surface area contributed by atoms with Crippen LogP contribution in [-0.2, 0) is 10.2 Å². The molecule has 0 unspecified atom stereocenters. The van der Waals surface area contributed by atoms with E-state index in [4.69, 9.17) is 14.0 Å². The van der Waals surface area contributed by atoms with Crippen LogP contribution < -0.4 is 14.8 Å². The second-order valence-electron chi connectivity index (χ2n) is 6.16. The predicted octanol–water partition coefficient (Wildman–Crippen LogP) is 4.09. The van der Waals surface area contributed by atoms with Crippen LogP contribution in [0.5, 0.6) is 11.5 Å². The predicted molar refractivity (Wildman–Crippen MR) is 98.9 cm³/mol. The minimum Gasteiger partial charge on any atom is -0.497 e. The molecule has 0 spiro atoms. The van der Waals surface area contributed by atoms with Crippen molar-refractivity contribution in [2.75, 3.05) is 19.5 Å². The van der Waals surface area contributed by atoms with E-state index in [0.717, 1.165) is 17.7 Å². The minimum absolute atomic E-state index is 0.116. The maximum Gasteiger partial charge on any atom is 0.236 e. The number of hydrogen-bond donors (Lipinski definition) is 1. The molecule has 1 saturated carbocycles. The number of carbonyl (C=O) groups excluding carboxylic acids is 1. The average molecular weight is 370 g/mol. The number of amides is 1. The Bertz CT molecular complexity index is 929. The van der Waals surface area contributed by atoms with Gasteiger partial charge in [0.05, 0.1) is 35.9 Å². The molecular formula is C19H18N2O4S. The van der Waals surface area contributed by atoms with Gasteiger partial charge in [-0.3, -0.25) is 4.79 Å². The second kappa shape index (κ2) is 6.49. The maximum absolute atomic E-state index is 13.0. The Hall–Kier alpha value is -2.80. The lowest BCUT2D eigenvalue weighted by Gasteiger charge is -2.15. The lowest BCUT2D eigenvalue weighted by Crippen LogP contribution is -2.28. The second-order valence-corrected chi connectivity index (χ2v) is 7.10. The number of ether oxygens (including phenoxy) is 2. The summed E-state index contributed by atoms with van der Waals surface area (Å²) in [5.74, 6) is 1.80. The van der Waals surface area contributed by atoms with Crippen LogP contribution >= 0.6 is 11.3 Å². The Morgan fingerprint density at radius 2 is 2.08 bits per heavy atom. The van der Waals surface area contributed by atoms with Gasteiger partial charge in [-0.25, -0.2) is 0 Å². The molecule has 1 fully saturated rings. The van der Waals surface area contributed by atoms with Crippen molar-refractivity contribution in [3.8, 4) is 22.1 Å². The summed E-state index contributed by atoms with van der Waals surface area (Å²) in [4.78, 5) is 14.0. The molecule has 1 N–H and O–H groups in total. The highest BCUT2D eigenvalue weighted by Gasteiger charge is 2.54. The average Bonchev–Trinajstić information content (AvgIpc) is 3.08. The number of hydrogen-bond acceptors (Lipinski definition) is 6. The van der Waals surface area contributed by atoms with E-state index >= 15 is 0 Å². The van der Waals surface area contributed by atoms with Crippen LogP contribution in [0, 0.1) is 0 Å². The summed E-state index contributed by atoms with van der Waals surface area (Å²) < 4.78 is 16.0. The molecule has 0 atom stereocenters. The summed E-state index contributed by atoms with van der Waals surface area (Å²) >= 11 is 1.58. The summed E-state index contributed by atoms with van der Waals surface area (Å²) in [6.07, 6.45) is 1.48. The minimum atomic E-state index is -0.646. The van der Waals surface area contributed by atoms with E-state index in [-0.39, 0.29) is 5.91 Å². The number of rotatable bonds is 6. The number of carbonyl (C=O) groups is 1. The number of nitrogens with zero attached hydrogens (tertiary/aromatic N) is 1. The standard InChI is InChI=1S/C19H18N2O4S/c1-23-12-5-6-14(24-2)13(10-12)20-18(22)19(7-8-19)17-11-15(25-21-17)16-4-3-9-26-16/h3-6,9-11H,7-8H2,1-2H3,(H,20,22). The monoisotopic (exact) mass is 370 g/mol. The number of benzene rings is 1. The van der Waals surface area contributed by atoms with E-state index in [2.05, 4.69) is 10.5 Å². The van der Waals surface area contributed by atoms with Crippen molar-refractivity contribution >= 4 is 22.9 Å². The zero-order valence-electron chi connectivity index (χ0n) is 14.4. The van der Waals surface area contributed by atoms with E-state index in [1.54, 1.807) is 43.8 Å². The number of aromatic nitrogens is 1. The van der Waals surface area contributed by atoms with Crippen molar-refractivity contribution in [1.29, 1.82) is 0 Å². The molecule has 0 radical (unpaired) electrons. The zero-order valence-corrected chi connectivity index (χ0v) is 15.3. The Morgan fingerprint density at radius 1 is 1.23 bits per heavy atom. The molecule has 134 valence electrons. The van der Waals surface area contributed by atoms with Gasteiger partial charge in [-0.2, -0.15) is 0 Å². The molecule has 0 aliphatic heterocycles. The van der Waals surface area contributed by atoms with E-state index in [9.17, 15) is 4.79 Å². The van der Waals surface area contributed by atoms with Crippen LogP contribution in [0.15, 0.2) is 46.3 Å².